The Balaban J connectivity index is 1.89. The Bertz CT molecular complexity index is 1140. The topological polar surface area (TPSA) is 88.3 Å². The highest BCUT2D eigenvalue weighted by Gasteiger charge is 2.20. The highest BCUT2D eigenvalue weighted by Crippen LogP contribution is 2.40. The predicted molar refractivity (Wildman–Crippen MR) is 89.5 cm³/mol. The third-order valence-corrected chi connectivity index (χ3v) is 3.74. The molecule has 24 heavy (non-hydrogen) atoms. The second-order valence-corrected chi connectivity index (χ2v) is 5.46. The fraction of sp³-hybridized carbons (Fsp3) is 0. The largest absolute Gasteiger partial charge is 0.502 e. The Morgan fingerprint density at radius 2 is 1.71 bits per heavy atom. The molecule has 0 saturated carbocycles. The standard InChI is InChI=1S/C17H9ClN2O4/c18-9-5-7-10(8-6-9)19-20-16-14(21)13-15(24-16)11-3-1-2-4-12(11)23-17(13)22/h1-8,21H. The van der Waals surface area contributed by atoms with E-state index in [0.29, 0.717) is 21.7 Å². The first kappa shape index (κ1) is 14.5. The molecule has 0 aliphatic heterocycles. The highest BCUT2D eigenvalue weighted by molar-refractivity contribution is 6.30. The van der Waals surface area contributed by atoms with Crippen LogP contribution in [0.2, 0.25) is 5.02 Å². The second-order valence-electron chi connectivity index (χ2n) is 5.02. The summed E-state index contributed by atoms with van der Waals surface area (Å²) in [4.78, 5) is 12.1. The van der Waals surface area contributed by atoms with Crippen molar-refractivity contribution in [2.45, 2.75) is 0 Å². The van der Waals surface area contributed by atoms with E-state index in [-0.39, 0.29) is 16.9 Å². The molecule has 0 radical (unpaired) electrons. The zero-order valence-electron chi connectivity index (χ0n) is 12.1. The van der Waals surface area contributed by atoms with E-state index in [0.717, 1.165) is 0 Å². The molecule has 2 heterocycles. The van der Waals surface area contributed by atoms with Gasteiger partial charge in [0.15, 0.2) is 16.7 Å². The lowest BCUT2D eigenvalue weighted by Gasteiger charge is -1.95. The summed E-state index contributed by atoms with van der Waals surface area (Å²) in [5, 5.41) is 19.1. The normalized spacial score (nSPS) is 11.7. The molecule has 2 aromatic carbocycles. The minimum absolute atomic E-state index is 0.0567. The van der Waals surface area contributed by atoms with E-state index in [1.54, 1.807) is 48.5 Å². The quantitative estimate of drug-likeness (QED) is 0.395. The maximum absolute atomic E-state index is 12.1. The van der Waals surface area contributed by atoms with Crippen LogP contribution < -0.4 is 5.63 Å². The Morgan fingerprint density at radius 1 is 0.958 bits per heavy atom. The maximum atomic E-state index is 12.1. The van der Waals surface area contributed by atoms with Crippen molar-refractivity contribution >= 4 is 45.1 Å². The number of hydrogen-bond acceptors (Lipinski definition) is 6. The molecule has 0 unspecified atom stereocenters. The molecule has 0 aliphatic carbocycles. The van der Waals surface area contributed by atoms with Crippen molar-refractivity contribution in [3.05, 3.63) is 64.0 Å². The van der Waals surface area contributed by atoms with Crippen molar-refractivity contribution in [3.63, 3.8) is 0 Å². The van der Waals surface area contributed by atoms with Gasteiger partial charge in [-0.1, -0.05) is 23.7 Å². The third-order valence-electron chi connectivity index (χ3n) is 3.49. The number of para-hydroxylation sites is 1. The lowest BCUT2D eigenvalue weighted by Crippen LogP contribution is -1.97. The summed E-state index contributed by atoms with van der Waals surface area (Å²) < 4.78 is 10.7. The Hall–Kier alpha value is -3.12. The lowest BCUT2D eigenvalue weighted by atomic mass is 10.2. The van der Waals surface area contributed by atoms with Gasteiger partial charge in [-0.3, -0.25) is 0 Å². The molecule has 4 aromatic rings. The summed E-state index contributed by atoms with van der Waals surface area (Å²) in [5.74, 6) is -0.564. The Kier molecular flexibility index (Phi) is 3.32. The van der Waals surface area contributed by atoms with Gasteiger partial charge in [0.05, 0.1) is 11.1 Å². The molecule has 2 aromatic heterocycles. The van der Waals surface area contributed by atoms with E-state index in [1.807, 2.05) is 0 Å². The van der Waals surface area contributed by atoms with E-state index >= 15 is 0 Å². The van der Waals surface area contributed by atoms with Gasteiger partial charge in [-0.2, -0.15) is 0 Å². The minimum Gasteiger partial charge on any atom is -0.502 e. The molecular formula is C17H9ClN2O4. The first-order valence-electron chi connectivity index (χ1n) is 6.98. The van der Waals surface area contributed by atoms with E-state index in [2.05, 4.69) is 10.2 Å². The van der Waals surface area contributed by atoms with Crippen molar-refractivity contribution in [2.75, 3.05) is 0 Å². The molecule has 4 rings (SSSR count). The summed E-state index contributed by atoms with van der Waals surface area (Å²) in [7, 11) is 0. The predicted octanol–water partition coefficient (Wildman–Crippen LogP) is 5.31. The average Bonchev–Trinajstić information content (AvgIpc) is 2.92. The van der Waals surface area contributed by atoms with Gasteiger partial charge in [0, 0.05) is 5.02 Å². The number of rotatable bonds is 2. The van der Waals surface area contributed by atoms with Crippen LogP contribution in [-0.4, -0.2) is 5.11 Å². The monoisotopic (exact) mass is 340 g/mol. The molecule has 0 atom stereocenters. The first-order valence-corrected chi connectivity index (χ1v) is 7.36. The Morgan fingerprint density at radius 3 is 2.50 bits per heavy atom. The van der Waals surface area contributed by atoms with Crippen molar-refractivity contribution in [1.82, 2.24) is 0 Å². The fourth-order valence-corrected chi connectivity index (χ4v) is 2.49. The van der Waals surface area contributed by atoms with Gasteiger partial charge in [-0.25, -0.2) is 4.79 Å². The maximum Gasteiger partial charge on any atom is 0.351 e. The fourth-order valence-electron chi connectivity index (χ4n) is 2.36. The van der Waals surface area contributed by atoms with E-state index < -0.39 is 11.4 Å². The van der Waals surface area contributed by atoms with E-state index in [4.69, 9.17) is 20.4 Å². The van der Waals surface area contributed by atoms with Crippen LogP contribution in [0.25, 0.3) is 21.9 Å². The summed E-state index contributed by atoms with van der Waals surface area (Å²) >= 11 is 5.80. The van der Waals surface area contributed by atoms with Crippen LogP contribution in [0.5, 0.6) is 5.75 Å². The van der Waals surface area contributed by atoms with Crippen molar-refractivity contribution < 1.29 is 13.9 Å². The molecule has 118 valence electrons. The van der Waals surface area contributed by atoms with Crippen LogP contribution in [0.1, 0.15) is 0 Å². The van der Waals surface area contributed by atoms with E-state index in [9.17, 15) is 9.90 Å². The van der Waals surface area contributed by atoms with Gasteiger partial charge in [0.25, 0.3) is 5.88 Å². The van der Waals surface area contributed by atoms with Crippen molar-refractivity contribution in [1.29, 1.82) is 0 Å². The zero-order valence-corrected chi connectivity index (χ0v) is 12.8. The van der Waals surface area contributed by atoms with Crippen LogP contribution >= 0.6 is 11.6 Å². The van der Waals surface area contributed by atoms with Gasteiger partial charge in [-0.15, -0.1) is 10.2 Å². The van der Waals surface area contributed by atoms with Crippen molar-refractivity contribution in [3.8, 4) is 5.75 Å². The molecule has 0 saturated heterocycles. The average molecular weight is 341 g/mol. The van der Waals surface area contributed by atoms with Crippen LogP contribution in [-0.2, 0) is 0 Å². The molecule has 0 bridgehead atoms. The molecule has 0 aliphatic rings. The van der Waals surface area contributed by atoms with Gasteiger partial charge in [0.2, 0.25) is 0 Å². The van der Waals surface area contributed by atoms with Crippen molar-refractivity contribution in [2.24, 2.45) is 10.2 Å². The summed E-state index contributed by atoms with van der Waals surface area (Å²) in [5.41, 5.74) is 0.406. The summed E-state index contributed by atoms with van der Waals surface area (Å²) in [6.07, 6.45) is 0. The zero-order chi connectivity index (χ0) is 16.7. The van der Waals surface area contributed by atoms with E-state index in [1.165, 1.54) is 0 Å². The number of aromatic hydroxyl groups is 1. The van der Waals surface area contributed by atoms with Gasteiger partial charge in [0.1, 0.15) is 5.58 Å². The SMILES string of the molecule is O=c1oc2ccccc2c2oc(N=Nc3ccc(Cl)cc3)c(O)c12. The molecular weight excluding hydrogens is 332 g/mol. The minimum atomic E-state index is -0.696. The van der Waals surface area contributed by atoms with Crippen LogP contribution in [0, 0.1) is 0 Å². The molecule has 0 amide bonds. The summed E-state index contributed by atoms with van der Waals surface area (Å²) in [6.45, 7) is 0. The molecule has 6 nitrogen and oxygen atoms in total. The number of fused-ring (bicyclic) bond motifs is 3. The molecule has 0 spiro atoms. The number of furan rings is 1. The van der Waals surface area contributed by atoms with Crippen LogP contribution in [0.4, 0.5) is 11.6 Å². The number of hydrogen-bond donors (Lipinski definition) is 1. The van der Waals surface area contributed by atoms with Crippen LogP contribution in [0.3, 0.4) is 0 Å². The van der Waals surface area contributed by atoms with Gasteiger partial charge >= 0.3 is 5.63 Å². The van der Waals surface area contributed by atoms with Crippen LogP contribution in [0.15, 0.2) is 72.4 Å². The Labute approximate surface area is 139 Å². The molecule has 7 heteroatoms. The lowest BCUT2D eigenvalue weighted by molar-refractivity contribution is 0.466. The first-order chi connectivity index (χ1) is 11.6. The molecule has 1 N–H and O–H groups in total. The van der Waals surface area contributed by atoms with Gasteiger partial charge < -0.3 is 13.9 Å². The second kappa shape index (κ2) is 5.50. The smallest absolute Gasteiger partial charge is 0.351 e. The molecule has 0 fully saturated rings. The number of azo groups is 1. The number of benzene rings is 2. The highest BCUT2D eigenvalue weighted by atomic mass is 35.5. The number of halogens is 1. The number of nitrogens with zero attached hydrogens (tertiary/aromatic N) is 2. The third kappa shape index (κ3) is 2.33. The summed E-state index contributed by atoms with van der Waals surface area (Å²) in [6, 6.07) is 13.5. The van der Waals surface area contributed by atoms with Gasteiger partial charge in [-0.05, 0) is 36.4 Å².